The molecule has 0 aliphatic carbocycles. The summed E-state index contributed by atoms with van der Waals surface area (Å²) in [7, 11) is -4.03. The van der Waals surface area contributed by atoms with Crippen molar-refractivity contribution < 1.29 is 23.2 Å². The molecule has 1 heterocycles. The Kier molecular flexibility index (Phi) is 10.3. The number of ether oxygens (including phenoxy) is 1. The SMILES string of the molecule is CCN1CCC(C(=O)NO)(S(=O)(=O)c2ccc(OCCCc3cccc(-c4ccccc4)c3)cc2)CC1.Cl. The number of amides is 1. The van der Waals surface area contributed by atoms with Crippen LogP contribution in [0.1, 0.15) is 31.7 Å². The summed E-state index contributed by atoms with van der Waals surface area (Å²) < 4.78 is 31.2. The number of hydroxylamine groups is 1. The third-order valence-electron chi connectivity index (χ3n) is 7.19. The third kappa shape index (κ3) is 6.38. The first-order chi connectivity index (χ1) is 17.9. The lowest BCUT2D eigenvalue weighted by atomic mass is 9.95. The average molecular weight is 559 g/mol. The van der Waals surface area contributed by atoms with E-state index >= 15 is 0 Å². The highest BCUT2D eigenvalue weighted by Gasteiger charge is 2.52. The first-order valence-electron chi connectivity index (χ1n) is 12.7. The molecule has 1 fully saturated rings. The largest absolute Gasteiger partial charge is 0.494 e. The Balaban J connectivity index is 0.00000400. The van der Waals surface area contributed by atoms with Crippen LogP contribution >= 0.6 is 12.4 Å². The van der Waals surface area contributed by atoms with Gasteiger partial charge < -0.3 is 9.64 Å². The average Bonchev–Trinajstić information content (AvgIpc) is 2.95. The number of sulfone groups is 1. The highest BCUT2D eigenvalue weighted by atomic mass is 35.5. The number of nitrogens with zero attached hydrogens (tertiary/aromatic N) is 1. The lowest BCUT2D eigenvalue weighted by Crippen LogP contribution is -2.57. The van der Waals surface area contributed by atoms with E-state index in [-0.39, 0.29) is 30.1 Å². The lowest BCUT2D eigenvalue weighted by Gasteiger charge is -2.39. The van der Waals surface area contributed by atoms with Crippen molar-refractivity contribution in [3.8, 4) is 16.9 Å². The Morgan fingerprint density at radius 3 is 2.26 bits per heavy atom. The molecule has 7 nitrogen and oxygen atoms in total. The predicted molar refractivity (Wildman–Crippen MR) is 151 cm³/mol. The van der Waals surface area contributed by atoms with Gasteiger partial charge in [-0.3, -0.25) is 10.0 Å². The molecular formula is C29H35ClN2O5S. The van der Waals surface area contributed by atoms with Crippen LogP contribution in [0.2, 0.25) is 0 Å². The number of aryl methyl sites for hydroxylation is 1. The second-order valence-electron chi connectivity index (χ2n) is 9.36. The molecule has 3 aromatic carbocycles. The second-order valence-corrected chi connectivity index (χ2v) is 11.6. The molecule has 0 atom stereocenters. The van der Waals surface area contributed by atoms with Gasteiger partial charge in [-0.2, -0.15) is 0 Å². The second kappa shape index (κ2) is 13.2. The maximum atomic E-state index is 13.5. The minimum absolute atomic E-state index is 0. The number of benzene rings is 3. The molecule has 0 saturated carbocycles. The summed E-state index contributed by atoms with van der Waals surface area (Å²) in [5, 5.41) is 9.31. The number of carbonyl (C=O) groups excluding carboxylic acids is 1. The van der Waals surface area contributed by atoms with Crippen molar-refractivity contribution in [2.75, 3.05) is 26.2 Å². The molecule has 1 aliphatic heterocycles. The van der Waals surface area contributed by atoms with Crippen LogP contribution in [0, 0.1) is 0 Å². The number of hydrogen-bond donors (Lipinski definition) is 2. The predicted octanol–water partition coefficient (Wildman–Crippen LogP) is 4.92. The molecule has 204 valence electrons. The number of halogens is 1. The summed E-state index contributed by atoms with van der Waals surface area (Å²) in [4.78, 5) is 14.7. The monoisotopic (exact) mass is 558 g/mol. The van der Waals surface area contributed by atoms with Gasteiger partial charge in [0, 0.05) is 13.1 Å². The van der Waals surface area contributed by atoms with Crippen LogP contribution in [-0.4, -0.2) is 55.4 Å². The van der Waals surface area contributed by atoms with E-state index in [1.54, 1.807) is 17.6 Å². The smallest absolute Gasteiger partial charge is 0.265 e. The summed E-state index contributed by atoms with van der Waals surface area (Å²) in [6, 6.07) is 24.9. The van der Waals surface area contributed by atoms with Crippen molar-refractivity contribution in [2.24, 2.45) is 0 Å². The van der Waals surface area contributed by atoms with Gasteiger partial charge in [0.25, 0.3) is 5.91 Å². The molecule has 2 N–H and O–H groups in total. The van der Waals surface area contributed by atoms with Gasteiger partial charge in [-0.05, 0) is 73.2 Å². The van der Waals surface area contributed by atoms with E-state index in [1.807, 2.05) is 25.1 Å². The molecule has 1 aliphatic rings. The third-order valence-corrected chi connectivity index (χ3v) is 9.70. The quantitative estimate of drug-likeness (QED) is 0.208. The Labute approximate surface area is 231 Å². The Morgan fingerprint density at radius 1 is 0.974 bits per heavy atom. The van der Waals surface area contributed by atoms with Crippen LogP contribution in [0.4, 0.5) is 0 Å². The first kappa shape index (κ1) is 29.6. The van der Waals surface area contributed by atoms with Crippen molar-refractivity contribution in [3.05, 3.63) is 84.4 Å². The number of nitrogens with one attached hydrogen (secondary N) is 1. The van der Waals surface area contributed by atoms with Gasteiger partial charge in [0.2, 0.25) is 0 Å². The van der Waals surface area contributed by atoms with E-state index < -0.39 is 20.5 Å². The van der Waals surface area contributed by atoms with Crippen LogP contribution in [-0.2, 0) is 21.1 Å². The molecular weight excluding hydrogens is 524 g/mol. The summed E-state index contributed by atoms with van der Waals surface area (Å²) >= 11 is 0. The van der Waals surface area contributed by atoms with Crippen molar-refractivity contribution in [3.63, 3.8) is 0 Å². The Hall–Kier alpha value is -2.91. The standard InChI is InChI=1S/C29H34N2O5S.ClH/c1-2-31-19-17-29(18-20-31,28(32)30-33)37(34,35)27-15-13-26(14-16-27)36-21-7-9-23-8-6-12-25(22-23)24-10-4-3-5-11-24;/h3-6,8,10-16,22,33H,2,7,9,17-21H2,1H3,(H,30,32);1H. The molecule has 9 heteroatoms. The fourth-order valence-corrected chi connectivity index (χ4v) is 6.85. The van der Waals surface area contributed by atoms with Gasteiger partial charge in [-0.25, -0.2) is 13.9 Å². The topological polar surface area (TPSA) is 95.9 Å². The summed E-state index contributed by atoms with van der Waals surface area (Å²) in [5.74, 6) is -0.307. The number of piperidine rings is 1. The Bertz CT molecular complexity index is 1290. The fourth-order valence-electron chi connectivity index (χ4n) is 4.89. The number of rotatable bonds is 10. The van der Waals surface area contributed by atoms with Crippen molar-refractivity contribution in [2.45, 2.75) is 42.2 Å². The normalized spacial score (nSPS) is 15.3. The molecule has 0 spiro atoms. The van der Waals surface area contributed by atoms with Gasteiger partial charge in [0.15, 0.2) is 14.6 Å². The molecule has 3 aromatic rings. The molecule has 0 unspecified atom stereocenters. The fraction of sp³-hybridized carbons (Fsp3) is 0.345. The summed E-state index contributed by atoms with van der Waals surface area (Å²) in [6.45, 7) is 4.21. The molecule has 0 aromatic heterocycles. The highest BCUT2D eigenvalue weighted by Crippen LogP contribution is 2.36. The maximum Gasteiger partial charge on any atom is 0.265 e. The van der Waals surface area contributed by atoms with Gasteiger partial charge in [0.1, 0.15) is 5.75 Å². The van der Waals surface area contributed by atoms with Crippen LogP contribution < -0.4 is 10.2 Å². The van der Waals surface area contributed by atoms with Crippen molar-refractivity contribution in [1.29, 1.82) is 0 Å². The highest BCUT2D eigenvalue weighted by molar-refractivity contribution is 7.93. The van der Waals surface area contributed by atoms with E-state index in [9.17, 15) is 18.4 Å². The van der Waals surface area contributed by atoms with Crippen molar-refractivity contribution >= 4 is 28.2 Å². The summed E-state index contributed by atoms with van der Waals surface area (Å²) in [5.41, 5.74) is 5.19. The van der Waals surface area contributed by atoms with E-state index in [2.05, 4.69) is 41.3 Å². The zero-order chi connectivity index (χ0) is 26.3. The van der Waals surface area contributed by atoms with Gasteiger partial charge in [0.05, 0.1) is 11.5 Å². The number of hydrogen-bond acceptors (Lipinski definition) is 6. The molecule has 0 radical (unpaired) electrons. The van der Waals surface area contributed by atoms with E-state index in [0.717, 1.165) is 19.4 Å². The molecule has 4 rings (SSSR count). The van der Waals surface area contributed by atoms with E-state index in [0.29, 0.717) is 25.4 Å². The van der Waals surface area contributed by atoms with Crippen molar-refractivity contribution in [1.82, 2.24) is 10.4 Å². The zero-order valence-corrected chi connectivity index (χ0v) is 23.1. The van der Waals surface area contributed by atoms with Gasteiger partial charge in [-0.1, -0.05) is 61.5 Å². The number of carbonyl (C=O) groups is 1. The number of likely N-dealkylation sites (tertiary alicyclic amines) is 1. The Morgan fingerprint density at radius 2 is 1.63 bits per heavy atom. The van der Waals surface area contributed by atoms with E-state index in [1.165, 1.54) is 28.8 Å². The van der Waals surface area contributed by atoms with E-state index in [4.69, 9.17) is 4.74 Å². The summed E-state index contributed by atoms with van der Waals surface area (Å²) in [6.07, 6.45) is 1.92. The lowest BCUT2D eigenvalue weighted by molar-refractivity contribution is -0.133. The minimum Gasteiger partial charge on any atom is -0.494 e. The first-order valence-corrected chi connectivity index (χ1v) is 14.2. The van der Waals surface area contributed by atoms with Crippen LogP contribution in [0.3, 0.4) is 0 Å². The molecule has 0 bridgehead atoms. The molecule has 1 saturated heterocycles. The zero-order valence-electron chi connectivity index (χ0n) is 21.5. The van der Waals surface area contributed by atoms with Gasteiger partial charge in [-0.15, -0.1) is 12.4 Å². The van der Waals surface area contributed by atoms with Gasteiger partial charge >= 0.3 is 0 Å². The van der Waals surface area contributed by atoms with Crippen LogP contribution in [0.25, 0.3) is 11.1 Å². The van der Waals surface area contributed by atoms with Crippen LogP contribution in [0.15, 0.2) is 83.8 Å². The minimum atomic E-state index is -4.03. The van der Waals surface area contributed by atoms with Crippen LogP contribution in [0.5, 0.6) is 5.75 Å². The molecule has 1 amide bonds. The molecule has 38 heavy (non-hydrogen) atoms. The maximum absolute atomic E-state index is 13.5.